The summed E-state index contributed by atoms with van der Waals surface area (Å²) >= 11 is 30.0. The smallest absolute Gasteiger partial charge is 0.350 e. The highest BCUT2D eigenvalue weighted by molar-refractivity contribution is 8.22. The molecular weight excluding hydrogens is 412 g/mol. The van der Waals surface area contributed by atoms with E-state index in [1.807, 2.05) is 19.1 Å². The predicted molar refractivity (Wildman–Crippen MR) is 89.1 cm³/mol. The summed E-state index contributed by atoms with van der Waals surface area (Å²) in [5, 5.41) is 0. The van der Waals surface area contributed by atoms with Crippen LogP contribution in [0.2, 0.25) is 0 Å². The van der Waals surface area contributed by atoms with Gasteiger partial charge < -0.3 is 4.52 Å². The number of aryl methyl sites for hydroxylation is 1. The Hall–Kier alpha value is 1.16. The predicted octanol–water partition coefficient (Wildman–Crippen LogP) is 8.42. The molecule has 1 unspecified atom stereocenters. The Morgan fingerprint density at radius 3 is 1.89 bits per heavy atom. The summed E-state index contributed by atoms with van der Waals surface area (Å²) in [5.41, 5.74) is 1.08. The Labute approximate surface area is 135 Å². The van der Waals surface area contributed by atoms with Gasteiger partial charge in [-0.2, -0.15) is 13.5 Å². The summed E-state index contributed by atoms with van der Waals surface area (Å²) in [4.78, 5) is 0. The summed E-state index contributed by atoms with van der Waals surface area (Å²) < 4.78 is 17.3. The number of benzene rings is 1. The molecular formula is C7H7Cl5N3OP3. The van der Waals surface area contributed by atoms with Crippen LogP contribution in [0.5, 0.6) is 5.75 Å². The van der Waals surface area contributed by atoms with Crippen molar-refractivity contribution in [3.05, 3.63) is 29.8 Å². The van der Waals surface area contributed by atoms with Gasteiger partial charge in [-0.3, -0.25) is 0 Å². The standard InChI is InChI=1S/C7H7Cl5N3OP3/c1-6-2-4-7(5-3-6)16-19(12)14-17(8,9)13-18(10,11)15-19/h2-5H,1H3. The fraction of sp³-hybridized carbons (Fsp3) is 0.143. The van der Waals surface area contributed by atoms with Gasteiger partial charge in [-0.05, 0) is 75.3 Å². The quantitative estimate of drug-likeness (QED) is 0.444. The molecule has 4 nitrogen and oxygen atoms in total. The zero-order valence-corrected chi connectivity index (χ0v) is 15.8. The summed E-state index contributed by atoms with van der Waals surface area (Å²) in [5.74, 6) is -5.60. The molecule has 0 amide bonds. The third-order valence-electron chi connectivity index (χ3n) is 1.89. The molecule has 0 aromatic heterocycles. The van der Waals surface area contributed by atoms with Crippen LogP contribution in [0.1, 0.15) is 5.56 Å². The lowest BCUT2D eigenvalue weighted by molar-refractivity contribution is 0.619. The molecule has 0 bridgehead atoms. The fourth-order valence-electron chi connectivity index (χ4n) is 1.22. The SMILES string of the molecule is Cc1ccc(OP2(Cl)=NP(Cl)(Cl)=NP(Cl)(Cl)=N2)cc1. The van der Waals surface area contributed by atoms with Gasteiger partial charge in [0.05, 0.1) is 0 Å². The maximum absolute atomic E-state index is 6.23. The second-order valence-corrected chi connectivity index (χ2v) is 16.7. The van der Waals surface area contributed by atoms with Crippen LogP contribution in [0, 0.1) is 6.92 Å². The number of halogens is 5. The zero-order chi connectivity index (χ0) is 14.3. The molecule has 0 spiro atoms. The van der Waals surface area contributed by atoms with Crippen molar-refractivity contribution in [2.45, 2.75) is 6.92 Å². The Balaban J connectivity index is 2.44. The maximum Gasteiger partial charge on any atom is 0.350 e. The van der Waals surface area contributed by atoms with Gasteiger partial charge in [0.1, 0.15) is 5.75 Å². The van der Waals surface area contributed by atoms with Crippen LogP contribution in [-0.4, -0.2) is 0 Å². The number of rotatable bonds is 2. The van der Waals surface area contributed by atoms with E-state index in [1.54, 1.807) is 12.1 Å². The molecule has 1 aliphatic heterocycles. The molecule has 106 valence electrons. The van der Waals surface area contributed by atoms with E-state index >= 15 is 0 Å². The lowest BCUT2D eigenvalue weighted by Crippen LogP contribution is -1.86. The lowest BCUT2D eigenvalue weighted by atomic mass is 10.2. The van der Waals surface area contributed by atoms with E-state index in [1.165, 1.54) is 0 Å². The van der Waals surface area contributed by atoms with E-state index in [9.17, 15) is 0 Å². The van der Waals surface area contributed by atoms with Gasteiger partial charge in [-0.25, -0.2) is 0 Å². The van der Waals surface area contributed by atoms with Crippen LogP contribution >= 0.6 is 74.8 Å². The molecule has 0 N–H and O–H groups in total. The van der Waals surface area contributed by atoms with Gasteiger partial charge in [-0.15, -0.1) is 0 Å². The fourth-order valence-corrected chi connectivity index (χ4v) is 17.8. The first-order valence-electron chi connectivity index (χ1n) is 4.75. The van der Waals surface area contributed by atoms with Crippen molar-refractivity contribution in [2.75, 3.05) is 0 Å². The van der Waals surface area contributed by atoms with Crippen LogP contribution in [0.15, 0.2) is 37.8 Å². The van der Waals surface area contributed by atoms with Gasteiger partial charge in [0, 0.05) is 0 Å². The second-order valence-electron chi connectivity index (χ2n) is 3.56. The average molecular weight is 419 g/mol. The highest BCUT2D eigenvalue weighted by Gasteiger charge is 2.34. The van der Waals surface area contributed by atoms with Crippen molar-refractivity contribution in [1.29, 1.82) is 0 Å². The largest absolute Gasteiger partial charge is 0.431 e. The van der Waals surface area contributed by atoms with Gasteiger partial charge in [0.15, 0.2) is 0 Å². The summed E-state index contributed by atoms with van der Waals surface area (Å²) in [6.07, 6.45) is 0. The minimum Gasteiger partial charge on any atom is -0.431 e. The molecule has 0 radical (unpaired) electrons. The third kappa shape index (κ3) is 4.83. The van der Waals surface area contributed by atoms with Crippen molar-refractivity contribution in [2.24, 2.45) is 13.5 Å². The molecule has 0 fully saturated rings. The van der Waals surface area contributed by atoms with Crippen molar-refractivity contribution in [1.82, 2.24) is 0 Å². The van der Waals surface area contributed by atoms with Crippen molar-refractivity contribution >= 4 is 74.8 Å². The van der Waals surface area contributed by atoms with E-state index in [-0.39, 0.29) is 0 Å². The molecule has 0 aliphatic carbocycles. The summed E-state index contributed by atoms with van der Waals surface area (Å²) in [6.45, 7) is -1.19. The number of hydrogen-bond donors (Lipinski definition) is 0. The van der Waals surface area contributed by atoms with E-state index in [0.717, 1.165) is 5.56 Å². The molecule has 1 atom stereocenters. The van der Waals surface area contributed by atoms with Gasteiger partial charge >= 0.3 is 6.78 Å². The molecule has 1 aliphatic rings. The van der Waals surface area contributed by atoms with Crippen molar-refractivity contribution < 1.29 is 4.52 Å². The van der Waals surface area contributed by atoms with Crippen LogP contribution in [0.3, 0.4) is 0 Å². The van der Waals surface area contributed by atoms with Crippen molar-refractivity contribution in [3.8, 4) is 5.75 Å². The normalized spacial score (nSPS) is 27.7. The zero-order valence-electron chi connectivity index (χ0n) is 9.29. The lowest BCUT2D eigenvalue weighted by Gasteiger charge is -2.21. The molecule has 1 heterocycles. The average Bonchev–Trinajstić information content (AvgIpc) is 2.15. The molecule has 2 rings (SSSR count). The summed E-state index contributed by atoms with van der Waals surface area (Å²) in [6, 6.07) is 7.20. The maximum atomic E-state index is 6.23. The Kier molecular flexibility index (Phi) is 5.00. The Morgan fingerprint density at radius 1 is 0.842 bits per heavy atom. The minimum absolute atomic E-state index is 0.491. The number of nitrogens with zero attached hydrogens (tertiary/aromatic N) is 3. The molecule has 1 aromatic rings. The molecule has 19 heavy (non-hydrogen) atoms. The van der Waals surface area contributed by atoms with Crippen LogP contribution < -0.4 is 4.52 Å². The van der Waals surface area contributed by atoms with Gasteiger partial charge in [0.25, 0.3) is 11.8 Å². The van der Waals surface area contributed by atoms with E-state index in [4.69, 9.17) is 60.7 Å². The second kappa shape index (κ2) is 5.75. The third-order valence-corrected chi connectivity index (χ3v) is 13.8. The van der Waals surface area contributed by atoms with E-state index in [0.29, 0.717) is 5.75 Å². The van der Waals surface area contributed by atoms with E-state index in [2.05, 4.69) is 13.5 Å². The monoisotopic (exact) mass is 417 g/mol. The molecule has 0 saturated heterocycles. The molecule has 1 aromatic carbocycles. The molecule has 12 heteroatoms. The first-order chi connectivity index (χ1) is 8.59. The first kappa shape index (κ1) is 16.5. The topological polar surface area (TPSA) is 46.3 Å². The minimum atomic E-state index is -3.14. The summed E-state index contributed by atoms with van der Waals surface area (Å²) in [7, 11) is 0. The van der Waals surface area contributed by atoms with Crippen LogP contribution in [0.4, 0.5) is 0 Å². The Bertz CT molecular complexity index is 654. The van der Waals surface area contributed by atoms with Crippen molar-refractivity contribution in [3.63, 3.8) is 0 Å². The highest BCUT2D eigenvalue weighted by Crippen LogP contribution is 2.86. The Morgan fingerprint density at radius 2 is 1.37 bits per heavy atom. The van der Waals surface area contributed by atoms with Gasteiger partial charge in [0.2, 0.25) is 0 Å². The number of hydrogen-bond acceptors (Lipinski definition) is 4. The first-order valence-corrected chi connectivity index (χ1v) is 14.3. The van der Waals surface area contributed by atoms with E-state index < -0.39 is 18.6 Å². The highest BCUT2D eigenvalue weighted by atomic mass is 35.9. The van der Waals surface area contributed by atoms with Crippen LogP contribution in [0.25, 0.3) is 0 Å². The van der Waals surface area contributed by atoms with Gasteiger partial charge in [-0.1, -0.05) is 17.7 Å². The van der Waals surface area contributed by atoms with Crippen LogP contribution in [-0.2, 0) is 0 Å². The molecule has 0 saturated carbocycles.